The van der Waals surface area contributed by atoms with Crippen molar-refractivity contribution in [3.05, 3.63) is 58.6 Å². The fourth-order valence-electron chi connectivity index (χ4n) is 4.21. The smallest absolute Gasteiger partial charge is 0.451 e. The second-order valence-corrected chi connectivity index (χ2v) is 10.6. The molecule has 1 fully saturated rings. The average molecular weight is 574 g/mol. The number of benzene rings is 1. The number of alkyl halides is 6. The van der Waals surface area contributed by atoms with Gasteiger partial charge in [-0.3, -0.25) is 9.69 Å². The van der Waals surface area contributed by atoms with Gasteiger partial charge >= 0.3 is 12.4 Å². The number of nitrogens with one attached hydrogen (secondary N) is 1. The number of nitrogens with zero attached hydrogens (tertiary/aromatic N) is 4. The molecule has 1 N–H and O–H groups in total. The summed E-state index contributed by atoms with van der Waals surface area (Å²) in [5, 5.41) is 3.28. The molecule has 1 aliphatic rings. The first-order valence-electron chi connectivity index (χ1n) is 11.9. The van der Waals surface area contributed by atoms with Gasteiger partial charge in [0.05, 0.1) is 6.04 Å². The average Bonchev–Trinajstić information content (AvgIpc) is 3.30. The molecule has 7 nitrogen and oxygen atoms in total. The van der Waals surface area contributed by atoms with E-state index < -0.39 is 42.3 Å². The summed E-state index contributed by atoms with van der Waals surface area (Å²) in [6.07, 6.45) is -6.07. The zero-order valence-electron chi connectivity index (χ0n) is 21.1. The lowest BCUT2D eigenvalue weighted by Crippen LogP contribution is -2.51. The van der Waals surface area contributed by atoms with Gasteiger partial charge in [0.2, 0.25) is 5.82 Å². The molecule has 1 aromatic carbocycles. The first-order valence-corrected chi connectivity index (χ1v) is 12.7. The van der Waals surface area contributed by atoms with E-state index in [0.29, 0.717) is 17.0 Å². The van der Waals surface area contributed by atoms with E-state index in [4.69, 9.17) is 4.74 Å². The summed E-state index contributed by atoms with van der Waals surface area (Å²) in [7, 11) is 1.42. The van der Waals surface area contributed by atoms with Gasteiger partial charge in [-0.1, -0.05) is 0 Å². The van der Waals surface area contributed by atoms with Crippen molar-refractivity contribution in [2.75, 3.05) is 13.6 Å². The van der Waals surface area contributed by atoms with Crippen molar-refractivity contribution in [1.29, 1.82) is 0 Å². The molecule has 0 radical (unpaired) electrons. The molecular weight excluding hydrogens is 548 g/mol. The van der Waals surface area contributed by atoms with Crippen LogP contribution in [0.4, 0.5) is 26.3 Å². The number of piperidine rings is 1. The van der Waals surface area contributed by atoms with Crippen molar-refractivity contribution < 1.29 is 35.9 Å². The number of halogens is 6. The Labute approximate surface area is 224 Å². The van der Waals surface area contributed by atoms with Crippen LogP contribution in [0.25, 0.3) is 10.6 Å². The van der Waals surface area contributed by atoms with Gasteiger partial charge in [0.15, 0.2) is 0 Å². The molecule has 0 aliphatic carbocycles. The third-order valence-corrected chi connectivity index (χ3v) is 7.27. The van der Waals surface area contributed by atoms with E-state index >= 15 is 0 Å². The number of hydrogen-bond acceptors (Lipinski definition) is 7. The van der Waals surface area contributed by atoms with Crippen molar-refractivity contribution in [3.8, 4) is 16.3 Å². The monoisotopic (exact) mass is 573 g/mol. The normalized spacial score (nSPS) is 19.5. The summed E-state index contributed by atoms with van der Waals surface area (Å²) in [6, 6.07) is 2.25. The number of carbonyl (C=O) groups excluding carboxylic acids is 1. The Hall–Kier alpha value is -3.26. The maximum Gasteiger partial charge on any atom is 0.451 e. The van der Waals surface area contributed by atoms with Gasteiger partial charge in [-0.2, -0.15) is 26.3 Å². The van der Waals surface area contributed by atoms with Gasteiger partial charge in [-0.25, -0.2) is 15.0 Å². The number of amides is 1. The fourth-order valence-corrected chi connectivity index (χ4v) is 4.97. The van der Waals surface area contributed by atoms with Gasteiger partial charge in [-0.05, 0) is 45.5 Å². The Bertz CT molecular complexity index is 1310. The first kappa shape index (κ1) is 28.7. The topological polar surface area (TPSA) is 80.2 Å². The molecule has 4 rings (SSSR count). The number of likely N-dealkylation sites (tertiary alicyclic amines) is 1. The number of carbonyl (C=O) groups is 1. The van der Waals surface area contributed by atoms with Crippen molar-refractivity contribution in [3.63, 3.8) is 0 Å². The summed E-state index contributed by atoms with van der Waals surface area (Å²) >= 11 is 1.37. The lowest BCUT2D eigenvalue weighted by atomic mass is 9.99. The Morgan fingerprint density at radius 1 is 1.10 bits per heavy atom. The quantitative estimate of drug-likeness (QED) is 0.375. The second-order valence-electron chi connectivity index (χ2n) is 9.36. The minimum absolute atomic E-state index is 0.148. The Morgan fingerprint density at radius 3 is 2.38 bits per heavy atom. The van der Waals surface area contributed by atoms with Crippen molar-refractivity contribution in [2.24, 2.45) is 0 Å². The minimum Gasteiger partial charge on any atom is -0.490 e. The highest BCUT2D eigenvalue weighted by molar-refractivity contribution is 7.14. The summed E-state index contributed by atoms with van der Waals surface area (Å²) in [5.41, 5.74) is 0.945. The molecular formula is C25H25F6N5O2S. The number of thiazole rings is 1. The zero-order valence-corrected chi connectivity index (χ0v) is 21.9. The standard InChI is InChI=1S/C25H25F6N5O2S/c1-13-10-32-22(39-13)16-6-15(21(37)35-14(2)17-11-33-23(34-12-17)25(29,30)31)7-19(8-16)38-18-4-5-36(3)20(9-18)24(26,27)28/h6-8,10-12,14,18,20H,4-5,9H2,1-3H3,(H,35,37)/t14-,18-,20?/m1/s1. The summed E-state index contributed by atoms with van der Waals surface area (Å²) in [5.74, 6) is -1.65. The molecule has 0 spiro atoms. The minimum atomic E-state index is -4.69. The van der Waals surface area contributed by atoms with Gasteiger partial charge in [-0.15, -0.1) is 11.3 Å². The first-order chi connectivity index (χ1) is 18.2. The largest absolute Gasteiger partial charge is 0.490 e. The van der Waals surface area contributed by atoms with E-state index in [2.05, 4.69) is 20.3 Å². The predicted molar refractivity (Wildman–Crippen MR) is 131 cm³/mol. The Morgan fingerprint density at radius 2 is 1.79 bits per heavy atom. The highest BCUT2D eigenvalue weighted by Crippen LogP contribution is 2.35. The Kier molecular flexibility index (Phi) is 8.17. The van der Waals surface area contributed by atoms with Crippen LogP contribution in [0.3, 0.4) is 0 Å². The SMILES string of the molecule is Cc1cnc(-c2cc(O[C@@H]3CCN(C)C(C(F)(F)F)C3)cc(C(=O)N[C@H](C)c3cnc(C(F)(F)F)nc3)c2)s1. The van der Waals surface area contributed by atoms with E-state index in [1.807, 2.05) is 6.92 Å². The van der Waals surface area contributed by atoms with Crippen LogP contribution in [0, 0.1) is 6.92 Å². The molecule has 1 unspecified atom stereocenters. The molecule has 1 saturated heterocycles. The molecule has 0 bridgehead atoms. The van der Waals surface area contributed by atoms with Crippen LogP contribution in [0.15, 0.2) is 36.8 Å². The Balaban J connectivity index is 1.57. The van der Waals surface area contributed by atoms with Crippen LogP contribution < -0.4 is 10.1 Å². The summed E-state index contributed by atoms with van der Waals surface area (Å²) in [4.78, 5) is 26.3. The third-order valence-electron chi connectivity index (χ3n) is 6.31. The maximum absolute atomic E-state index is 13.5. The van der Waals surface area contributed by atoms with E-state index in [1.165, 1.54) is 29.4 Å². The molecule has 3 heterocycles. The van der Waals surface area contributed by atoms with E-state index in [1.54, 1.807) is 25.3 Å². The van der Waals surface area contributed by atoms with E-state index in [0.717, 1.165) is 17.3 Å². The molecule has 39 heavy (non-hydrogen) atoms. The fraction of sp³-hybridized carbons (Fsp3) is 0.440. The number of aromatic nitrogens is 3. The molecule has 210 valence electrons. The summed E-state index contributed by atoms with van der Waals surface area (Å²) < 4.78 is 84.7. The highest BCUT2D eigenvalue weighted by Gasteiger charge is 2.46. The van der Waals surface area contributed by atoms with Crippen LogP contribution in [-0.2, 0) is 6.18 Å². The van der Waals surface area contributed by atoms with Crippen LogP contribution in [0.5, 0.6) is 5.75 Å². The molecule has 1 aliphatic heterocycles. The van der Waals surface area contributed by atoms with Gasteiger partial charge in [0.1, 0.15) is 22.9 Å². The number of hydrogen-bond donors (Lipinski definition) is 1. The summed E-state index contributed by atoms with van der Waals surface area (Å²) in [6.45, 7) is 3.62. The second kappa shape index (κ2) is 11.1. The predicted octanol–water partition coefficient (Wildman–Crippen LogP) is 5.82. The van der Waals surface area contributed by atoms with Crippen molar-refractivity contribution >= 4 is 17.2 Å². The number of aryl methyl sites for hydroxylation is 1. The lowest BCUT2D eigenvalue weighted by Gasteiger charge is -2.38. The van der Waals surface area contributed by atoms with Gasteiger partial charge in [0, 0.05) is 53.1 Å². The molecule has 3 aromatic rings. The third kappa shape index (κ3) is 7.04. The van der Waals surface area contributed by atoms with Crippen LogP contribution in [0.1, 0.15) is 52.4 Å². The van der Waals surface area contributed by atoms with Crippen LogP contribution in [-0.4, -0.2) is 57.7 Å². The highest BCUT2D eigenvalue weighted by atomic mass is 32.1. The maximum atomic E-state index is 13.5. The van der Waals surface area contributed by atoms with Crippen LogP contribution >= 0.6 is 11.3 Å². The van der Waals surface area contributed by atoms with Gasteiger partial charge < -0.3 is 10.1 Å². The molecule has 14 heteroatoms. The van der Waals surface area contributed by atoms with Crippen molar-refractivity contribution in [2.45, 2.75) is 57.2 Å². The number of ether oxygens (including phenoxy) is 1. The zero-order chi connectivity index (χ0) is 28.5. The van der Waals surface area contributed by atoms with Gasteiger partial charge in [0.25, 0.3) is 5.91 Å². The van der Waals surface area contributed by atoms with Crippen molar-refractivity contribution in [1.82, 2.24) is 25.2 Å². The molecule has 0 saturated carbocycles. The van der Waals surface area contributed by atoms with Crippen LogP contribution in [0.2, 0.25) is 0 Å². The molecule has 3 atom stereocenters. The molecule has 1 amide bonds. The van der Waals surface area contributed by atoms with E-state index in [9.17, 15) is 31.1 Å². The number of rotatable bonds is 6. The van der Waals surface area contributed by atoms with E-state index in [-0.39, 0.29) is 29.8 Å². The molecule has 2 aromatic heterocycles. The lowest BCUT2D eigenvalue weighted by molar-refractivity contribution is -0.194.